The Hall–Kier alpha value is -1.84. The smallest absolute Gasteiger partial charge is 0.339 e. The average molecular weight is 310 g/mol. The summed E-state index contributed by atoms with van der Waals surface area (Å²) < 4.78 is 41.6. The Labute approximate surface area is 138 Å². The Balaban J connectivity index is 3.17. The molecule has 0 atom stereocenters. The zero-order valence-electron chi connectivity index (χ0n) is 17.5. The van der Waals surface area contributed by atoms with Gasteiger partial charge in [-0.15, -0.1) is 0 Å². The van der Waals surface area contributed by atoms with Crippen LogP contribution >= 0.6 is 0 Å². The molecule has 0 fully saturated rings. The molecular weight excluding hydrogens is 280 g/mol. The number of benzene rings is 1. The van der Waals surface area contributed by atoms with E-state index in [0.717, 1.165) is 12.8 Å². The van der Waals surface area contributed by atoms with E-state index in [4.69, 9.17) is 15.0 Å². The van der Waals surface area contributed by atoms with E-state index in [2.05, 4.69) is 0 Å². The van der Waals surface area contributed by atoms with E-state index in [1.165, 1.54) is 0 Å². The Morgan fingerprint density at radius 1 is 1.05 bits per heavy atom. The zero-order valence-corrected chi connectivity index (χ0v) is 13.5. The van der Waals surface area contributed by atoms with Gasteiger partial charge < -0.3 is 9.47 Å². The molecule has 0 radical (unpaired) electrons. The maximum absolute atomic E-state index is 12.4. The van der Waals surface area contributed by atoms with E-state index < -0.39 is 47.2 Å². The number of unbranched alkanes of at least 4 members (excludes halogenated alkanes) is 2. The fraction of sp³-hybridized carbons (Fsp3) is 0.556. The van der Waals surface area contributed by atoms with Gasteiger partial charge in [0.2, 0.25) is 0 Å². The quantitative estimate of drug-likeness (QED) is 0.506. The molecular formula is C18H26O4. The molecule has 122 valence electrons. The standard InChI is InChI=1S/C18H26O4/c1-4-5-8-12-21-17(19)15-9-6-7-10-16(15)18(20)22-13-11-14(2)3/h6-7,9-10,14H,4-5,8,11-13H2,1-3H3/i6D,7D,9D,10D. The van der Waals surface area contributed by atoms with Crippen LogP contribution in [0.4, 0.5) is 0 Å². The van der Waals surface area contributed by atoms with Crippen molar-refractivity contribution in [2.24, 2.45) is 5.92 Å². The first kappa shape index (κ1) is 12.7. The molecule has 1 aromatic rings. The molecule has 0 aliphatic rings. The highest BCUT2D eigenvalue weighted by atomic mass is 16.5. The minimum atomic E-state index is -0.946. The molecule has 1 aromatic carbocycles. The molecule has 0 bridgehead atoms. The van der Waals surface area contributed by atoms with Gasteiger partial charge in [-0.3, -0.25) is 0 Å². The SMILES string of the molecule is [2H]c1c([2H])c([2H])c(C(=O)OCCC(C)C)c(C(=O)OCCCCC)c1[2H]. The lowest BCUT2D eigenvalue weighted by Gasteiger charge is -2.10. The molecule has 0 N–H and O–H groups in total. The Morgan fingerprint density at radius 3 is 2.09 bits per heavy atom. The number of carbonyl (C=O) groups is 2. The van der Waals surface area contributed by atoms with Gasteiger partial charge in [0.15, 0.2) is 0 Å². The van der Waals surface area contributed by atoms with Gasteiger partial charge in [0, 0.05) is 0 Å². The van der Waals surface area contributed by atoms with Crippen LogP contribution in [-0.2, 0) is 9.47 Å². The van der Waals surface area contributed by atoms with Gasteiger partial charge in [-0.25, -0.2) is 9.59 Å². The minimum Gasteiger partial charge on any atom is -0.462 e. The number of ether oxygens (including phenoxy) is 2. The van der Waals surface area contributed by atoms with E-state index >= 15 is 0 Å². The fourth-order valence-electron chi connectivity index (χ4n) is 1.67. The second kappa shape index (κ2) is 9.98. The fourth-order valence-corrected chi connectivity index (χ4v) is 1.67. The zero-order chi connectivity index (χ0) is 19.9. The summed E-state index contributed by atoms with van der Waals surface area (Å²) in [6, 6.07) is -2.37. The van der Waals surface area contributed by atoms with Crippen molar-refractivity contribution in [2.75, 3.05) is 13.2 Å². The van der Waals surface area contributed by atoms with Crippen molar-refractivity contribution in [2.45, 2.75) is 46.5 Å². The first-order valence-corrected chi connectivity index (χ1v) is 7.66. The van der Waals surface area contributed by atoms with Crippen molar-refractivity contribution in [1.82, 2.24) is 0 Å². The van der Waals surface area contributed by atoms with Crippen LogP contribution in [0.3, 0.4) is 0 Å². The van der Waals surface area contributed by atoms with Crippen LogP contribution in [0.5, 0.6) is 0 Å². The van der Waals surface area contributed by atoms with Crippen molar-refractivity contribution < 1.29 is 24.5 Å². The number of hydrogen-bond acceptors (Lipinski definition) is 4. The van der Waals surface area contributed by atoms with Gasteiger partial charge in [-0.05, 0) is 30.8 Å². The Morgan fingerprint density at radius 2 is 1.59 bits per heavy atom. The van der Waals surface area contributed by atoms with Gasteiger partial charge in [-0.1, -0.05) is 45.7 Å². The molecule has 0 amide bonds. The number of esters is 2. The summed E-state index contributed by atoms with van der Waals surface area (Å²) in [7, 11) is 0. The minimum absolute atomic E-state index is 0.101. The summed E-state index contributed by atoms with van der Waals surface area (Å²) in [5.41, 5.74) is -0.942. The molecule has 4 heteroatoms. The topological polar surface area (TPSA) is 52.6 Å². The third-order valence-corrected chi connectivity index (χ3v) is 3.01. The molecule has 1 rings (SSSR count). The van der Waals surface area contributed by atoms with E-state index in [-0.39, 0.29) is 13.2 Å². The van der Waals surface area contributed by atoms with Crippen LogP contribution in [0.25, 0.3) is 0 Å². The van der Waals surface area contributed by atoms with Crippen molar-refractivity contribution in [1.29, 1.82) is 0 Å². The van der Waals surface area contributed by atoms with E-state index in [1.807, 2.05) is 20.8 Å². The second-order valence-electron chi connectivity index (χ2n) is 5.41. The summed E-state index contributed by atoms with van der Waals surface area (Å²) in [4.78, 5) is 24.8. The van der Waals surface area contributed by atoms with Gasteiger partial charge in [0.25, 0.3) is 0 Å². The molecule has 0 aliphatic heterocycles. The highest BCUT2D eigenvalue weighted by Crippen LogP contribution is 2.13. The Kier molecular flexibility index (Phi) is 5.75. The van der Waals surface area contributed by atoms with Crippen molar-refractivity contribution in [3.05, 3.63) is 35.3 Å². The number of carbonyl (C=O) groups excluding carboxylic acids is 2. The molecule has 0 aliphatic carbocycles. The van der Waals surface area contributed by atoms with Crippen LogP contribution < -0.4 is 0 Å². The summed E-state index contributed by atoms with van der Waals surface area (Å²) in [5.74, 6) is -1.59. The average Bonchev–Trinajstić information content (AvgIpc) is 2.59. The summed E-state index contributed by atoms with van der Waals surface area (Å²) in [5, 5.41) is 0. The third kappa shape index (κ3) is 6.29. The maximum atomic E-state index is 12.4. The van der Waals surface area contributed by atoms with Crippen LogP contribution in [0.15, 0.2) is 24.2 Å². The largest absolute Gasteiger partial charge is 0.462 e. The summed E-state index contributed by atoms with van der Waals surface area (Å²) in [6.45, 7) is 6.14. The molecule has 22 heavy (non-hydrogen) atoms. The summed E-state index contributed by atoms with van der Waals surface area (Å²) >= 11 is 0. The van der Waals surface area contributed by atoms with Crippen LogP contribution in [0, 0.1) is 5.92 Å². The lowest BCUT2D eigenvalue weighted by molar-refractivity contribution is 0.0445. The first-order chi connectivity index (χ1) is 12.2. The number of rotatable bonds is 9. The number of hydrogen-bond donors (Lipinski definition) is 0. The highest BCUT2D eigenvalue weighted by molar-refractivity contribution is 6.03. The first-order valence-electron chi connectivity index (χ1n) is 9.66. The molecule has 0 aromatic heterocycles. The molecule has 0 heterocycles. The van der Waals surface area contributed by atoms with E-state index in [0.29, 0.717) is 18.8 Å². The van der Waals surface area contributed by atoms with Gasteiger partial charge in [-0.2, -0.15) is 0 Å². The third-order valence-electron chi connectivity index (χ3n) is 3.01. The molecule has 0 spiro atoms. The monoisotopic (exact) mass is 310 g/mol. The lowest BCUT2D eigenvalue weighted by Crippen LogP contribution is -2.15. The van der Waals surface area contributed by atoms with E-state index in [1.54, 1.807) is 0 Å². The molecule has 0 unspecified atom stereocenters. The maximum Gasteiger partial charge on any atom is 0.339 e. The predicted octanol–water partition coefficient (Wildman–Crippen LogP) is 4.24. The van der Waals surface area contributed by atoms with Crippen LogP contribution in [0.2, 0.25) is 0 Å². The van der Waals surface area contributed by atoms with E-state index in [9.17, 15) is 9.59 Å². The van der Waals surface area contributed by atoms with Crippen LogP contribution in [-0.4, -0.2) is 25.2 Å². The van der Waals surface area contributed by atoms with Crippen LogP contribution in [0.1, 0.15) is 72.7 Å². The second-order valence-corrected chi connectivity index (χ2v) is 5.41. The van der Waals surface area contributed by atoms with Gasteiger partial charge in [0.1, 0.15) is 0 Å². The Bertz CT molecular complexity index is 659. The molecule has 0 saturated heterocycles. The lowest BCUT2D eigenvalue weighted by atomic mass is 10.1. The predicted molar refractivity (Wildman–Crippen MR) is 86.0 cm³/mol. The van der Waals surface area contributed by atoms with Crippen molar-refractivity contribution in [3.63, 3.8) is 0 Å². The van der Waals surface area contributed by atoms with Gasteiger partial charge >= 0.3 is 11.9 Å². The molecule has 0 saturated carbocycles. The summed E-state index contributed by atoms with van der Waals surface area (Å²) in [6.07, 6.45) is 3.05. The highest BCUT2D eigenvalue weighted by Gasteiger charge is 2.18. The molecule has 4 nitrogen and oxygen atoms in total. The van der Waals surface area contributed by atoms with Crippen molar-refractivity contribution in [3.8, 4) is 0 Å². The normalized spacial score (nSPS) is 13.1. The van der Waals surface area contributed by atoms with Crippen molar-refractivity contribution >= 4 is 11.9 Å². The van der Waals surface area contributed by atoms with Gasteiger partial charge in [0.05, 0.1) is 29.8 Å².